The van der Waals surface area contributed by atoms with E-state index in [2.05, 4.69) is 10.6 Å². The molecule has 0 bridgehead atoms. The van der Waals surface area contributed by atoms with Crippen LogP contribution in [0.15, 0.2) is 82.7 Å². The predicted molar refractivity (Wildman–Crippen MR) is 113 cm³/mol. The molecular weight excluding hydrogens is 376 g/mol. The van der Waals surface area contributed by atoms with Gasteiger partial charge in [-0.1, -0.05) is 30.3 Å². The fourth-order valence-corrected chi connectivity index (χ4v) is 3.47. The van der Waals surface area contributed by atoms with Crippen LogP contribution in [0, 0.1) is 0 Å². The van der Waals surface area contributed by atoms with Gasteiger partial charge in [0, 0.05) is 21.0 Å². The average molecular weight is 395 g/mol. The Hall–Kier alpha value is -2.83. The standard InChI is InChI=1S/C21H18N2O2S2/c1-26-17-10-5-9-16(13-17)22-21(25)19(14-18-11-6-12-27-18)23-20(24)15-7-3-2-4-8-15/h2-14H,1H3,(H,22,25)(H,23,24)/b19-14-. The summed E-state index contributed by atoms with van der Waals surface area (Å²) in [7, 11) is 0. The van der Waals surface area contributed by atoms with Gasteiger partial charge >= 0.3 is 0 Å². The van der Waals surface area contributed by atoms with E-state index in [1.807, 2.05) is 54.1 Å². The Morgan fingerprint density at radius 1 is 1.00 bits per heavy atom. The molecule has 3 aromatic rings. The van der Waals surface area contributed by atoms with Crippen LogP contribution in [0.3, 0.4) is 0 Å². The van der Waals surface area contributed by atoms with Crippen molar-refractivity contribution in [1.82, 2.24) is 5.32 Å². The number of amides is 2. The van der Waals surface area contributed by atoms with Gasteiger partial charge in [0.1, 0.15) is 5.70 Å². The van der Waals surface area contributed by atoms with Crippen LogP contribution >= 0.6 is 23.1 Å². The molecule has 0 saturated heterocycles. The Bertz CT molecular complexity index is 951. The Morgan fingerprint density at radius 3 is 2.52 bits per heavy atom. The minimum absolute atomic E-state index is 0.195. The molecular formula is C21H18N2O2S2. The van der Waals surface area contributed by atoms with Gasteiger partial charge in [-0.3, -0.25) is 9.59 Å². The number of thiophene rings is 1. The predicted octanol–water partition coefficient (Wildman–Crippen LogP) is 4.88. The fourth-order valence-electron chi connectivity index (χ4n) is 2.36. The molecule has 2 amide bonds. The first-order valence-corrected chi connectivity index (χ1v) is 10.3. The molecule has 2 aromatic carbocycles. The molecule has 0 spiro atoms. The highest BCUT2D eigenvalue weighted by Gasteiger charge is 2.15. The van der Waals surface area contributed by atoms with E-state index in [0.29, 0.717) is 11.3 Å². The van der Waals surface area contributed by atoms with Crippen LogP contribution in [0.25, 0.3) is 6.08 Å². The molecule has 2 N–H and O–H groups in total. The van der Waals surface area contributed by atoms with Crippen LogP contribution in [0.1, 0.15) is 15.2 Å². The monoisotopic (exact) mass is 394 g/mol. The zero-order valence-electron chi connectivity index (χ0n) is 14.6. The van der Waals surface area contributed by atoms with E-state index in [1.54, 1.807) is 42.1 Å². The van der Waals surface area contributed by atoms with Gasteiger partial charge in [0.2, 0.25) is 0 Å². The summed E-state index contributed by atoms with van der Waals surface area (Å²) < 4.78 is 0. The zero-order chi connectivity index (χ0) is 19.1. The zero-order valence-corrected chi connectivity index (χ0v) is 16.3. The van der Waals surface area contributed by atoms with Gasteiger partial charge in [0.25, 0.3) is 11.8 Å². The van der Waals surface area contributed by atoms with Crippen LogP contribution < -0.4 is 10.6 Å². The Morgan fingerprint density at radius 2 is 1.81 bits per heavy atom. The molecule has 0 unspecified atom stereocenters. The van der Waals surface area contributed by atoms with Crippen molar-refractivity contribution >= 4 is 46.7 Å². The van der Waals surface area contributed by atoms with Crippen LogP contribution in [0.2, 0.25) is 0 Å². The van der Waals surface area contributed by atoms with Gasteiger partial charge in [-0.15, -0.1) is 23.1 Å². The molecule has 27 heavy (non-hydrogen) atoms. The van der Waals surface area contributed by atoms with E-state index in [0.717, 1.165) is 9.77 Å². The molecule has 0 saturated carbocycles. The maximum absolute atomic E-state index is 12.8. The Labute approximate surface area is 166 Å². The molecule has 3 rings (SSSR count). The lowest BCUT2D eigenvalue weighted by Crippen LogP contribution is -2.30. The maximum Gasteiger partial charge on any atom is 0.272 e. The van der Waals surface area contributed by atoms with Gasteiger partial charge in [0.05, 0.1) is 0 Å². The summed E-state index contributed by atoms with van der Waals surface area (Å²) in [5.41, 5.74) is 1.37. The van der Waals surface area contributed by atoms with Gasteiger partial charge in [-0.2, -0.15) is 0 Å². The van der Waals surface area contributed by atoms with E-state index in [1.165, 1.54) is 11.3 Å². The highest BCUT2D eigenvalue weighted by molar-refractivity contribution is 7.98. The highest BCUT2D eigenvalue weighted by Crippen LogP contribution is 2.20. The van der Waals surface area contributed by atoms with Crippen molar-refractivity contribution in [3.05, 3.63) is 88.2 Å². The summed E-state index contributed by atoms with van der Waals surface area (Å²) in [6, 6.07) is 20.2. The van der Waals surface area contributed by atoms with Crippen LogP contribution in [-0.2, 0) is 4.79 Å². The minimum atomic E-state index is -0.370. The first-order chi connectivity index (χ1) is 13.2. The molecule has 0 fully saturated rings. The van der Waals surface area contributed by atoms with Crippen molar-refractivity contribution in [1.29, 1.82) is 0 Å². The number of thioether (sulfide) groups is 1. The van der Waals surface area contributed by atoms with Gasteiger partial charge in [-0.25, -0.2) is 0 Å². The summed E-state index contributed by atoms with van der Waals surface area (Å²) in [5, 5.41) is 7.51. The van der Waals surface area contributed by atoms with Gasteiger partial charge in [-0.05, 0) is 54.1 Å². The quantitative estimate of drug-likeness (QED) is 0.463. The first-order valence-electron chi connectivity index (χ1n) is 8.23. The number of hydrogen-bond acceptors (Lipinski definition) is 4. The van der Waals surface area contributed by atoms with Crippen molar-refractivity contribution in [2.24, 2.45) is 0 Å². The number of benzene rings is 2. The molecule has 136 valence electrons. The van der Waals surface area contributed by atoms with E-state index in [-0.39, 0.29) is 17.5 Å². The SMILES string of the molecule is CSc1cccc(NC(=O)/C(=C/c2cccs2)NC(=O)c2ccccc2)c1. The number of nitrogens with one attached hydrogen (secondary N) is 2. The topological polar surface area (TPSA) is 58.2 Å². The van der Waals surface area contributed by atoms with Crippen molar-refractivity contribution in [2.75, 3.05) is 11.6 Å². The number of hydrogen-bond donors (Lipinski definition) is 2. The minimum Gasteiger partial charge on any atom is -0.321 e. The summed E-state index contributed by atoms with van der Waals surface area (Å²) >= 11 is 3.09. The lowest BCUT2D eigenvalue weighted by molar-refractivity contribution is -0.113. The van der Waals surface area contributed by atoms with E-state index in [4.69, 9.17) is 0 Å². The molecule has 6 heteroatoms. The van der Waals surface area contributed by atoms with E-state index < -0.39 is 0 Å². The Balaban J connectivity index is 1.83. The second kappa shape index (κ2) is 9.21. The number of carbonyl (C=O) groups is 2. The number of rotatable bonds is 6. The molecule has 0 aliphatic rings. The maximum atomic E-state index is 12.8. The third kappa shape index (κ3) is 5.32. The summed E-state index contributed by atoms with van der Waals surface area (Å²) in [4.78, 5) is 27.2. The molecule has 1 heterocycles. The van der Waals surface area contributed by atoms with Crippen molar-refractivity contribution in [3.63, 3.8) is 0 Å². The van der Waals surface area contributed by atoms with Crippen molar-refractivity contribution < 1.29 is 9.59 Å². The Kier molecular flexibility index (Phi) is 6.46. The lowest BCUT2D eigenvalue weighted by atomic mass is 10.2. The van der Waals surface area contributed by atoms with Crippen molar-refractivity contribution in [2.45, 2.75) is 4.90 Å². The van der Waals surface area contributed by atoms with Crippen molar-refractivity contribution in [3.8, 4) is 0 Å². The summed E-state index contributed by atoms with van der Waals surface area (Å²) in [6.07, 6.45) is 3.66. The van der Waals surface area contributed by atoms with E-state index in [9.17, 15) is 9.59 Å². The average Bonchev–Trinajstić information content (AvgIpc) is 3.21. The molecule has 0 atom stereocenters. The normalized spacial score (nSPS) is 11.1. The highest BCUT2D eigenvalue weighted by atomic mass is 32.2. The first kappa shape index (κ1) is 18.9. The summed E-state index contributed by atoms with van der Waals surface area (Å²) in [6.45, 7) is 0. The molecule has 0 radical (unpaired) electrons. The largest absolute Gasteiger partial charge is 0.321 e. The van der Waals surface area contributed by atoms with E-state index >= 15 is 0 Å². The fraction of sp³-hybridized carbons (Fsp3) is 0.0476. The third-order valence-electron chi connectivity index (χ3n) is 3.69. The summed E-state index contributed by atoms with van der Waals surface area (Å²) in [5.74, 6) is -0.697. The second-order valence-corrected chi connectivity index (χ2v) is 7.44. The molecule has 4 nitrogen and oxygen atoms in total. The molecule has 0 aliphatic carbocycles. The molecule has 0 aliphatic heterocycles. The number of carbonyl (C=O) groups excluding carboxylic acids is 2. The lowest BCUT2D eigenvalue weighted by Gasteiger charge is -2.11. The van der Waals surface area contributed by atoms with Gasteiger partial charge in [0.15, 0.2) is 0 Å². The van der Waals surface area contributed by atoms with Crippen LogP contribution in [0.5, 0.6) is 0 Å². The van der Waals surface area contributed by atoms with Crippen LogP contribution in [0.4, 0.5) is 5.69 Å². The smallest absolute Gasteiger partial charge is 0.272 e. The van der Waals surface area contributed by atoms with Crippen LogP contribution in [-0.4, -0.2) is 18.1 Å². The van der Waals surface area contributed by atoms with Gasteiger partial charge < -0.3 is 10.6 Å². The molecule has 1 aromatic heterocycles. The second-order valence-electron chi connectivity index (χ2n) is 5.58. The third-order valence-corrected chi connectivity index (χ3v) is 5.23. The number of anilines is 1.